The maximum atomic E-state index is 13.0. The quantitative estimate of drug-likeness (QED) is 0.682. The molecule has 0 spiro atoms. The van der Waals surface area contributed by atoms with E-state index in [-0.39, 0.29) is 17.6 Å². The van der Waals surface area contributed by atoms with Crippen molar-refractivity contribution in [1.82, 2.24) is 5.32 Å². The van der Waals surface area contributed by atoms with Crippen molar-refractivity contribution in [1.29, 1.82) is 0 Å². The SMILES string of the molecule is CC(=O)NC1CCCN(c2ccc([N+](=O)[O-])c(C(F)(F)F)c2)C1. The molecular formula is C14H16F3N3O3. The van der Waals surface area contributed by atoms with Gasteiger partial charge in [0.15, 0.2) is 0 Å². The van der Waals surface area contributed by atoms with Gasteiger partial charge in [-0.3, -0.25) is 14.9 Å². The smallest absolute Gasteiger partial charge is 0.369 e. The molecule has 1 aliphatic heterocycles. The third-order valence-corrected chi connectivity index (χ3v) is 3.68. The van der Waals surface area contributed by atoms with Crippen molar-refractivity contribution in [3.8, 4) is 0 Å². The van der Waals surface area contributed by atoms with Gasteiger partial charge in [-0.15, -0.1) is 0 Å². The second-order valence-corrected chi connectivity index (χ2v) is 5.44. The molecular weight excluding hydrogens is 315 g/mol. The fourth-order valence-corrected chi connectivity index (χ4v) is 2.72. The van der Waals surface area contributed by atoms with E-state index in [1.54, 1.807) is 4.90 Å². The average molecular weight is 331 g/mol. The minimum atomic E-state index is -4.80. The lowest BCUT2D eigenvalue weighted by atomic mass is 10.0. The molecule has 0 bridgehead atoms. The Morgan fingerprint density at radius 3 is 2.70 bits per heavy atom. The standard InChI is InChI=1S/C14H16F3N3O3/c1-9(21)18-10-3-2-6-19(8-10)11-4-5-13(20(22)23)12(7-11)14(15,16)17/h4-5,7,10H,2-3,6,8H2,1H3,(H,18,21). The van der Waals surface area contributed by atoms with E-state index in [9.17, 15) is 28.1 Å². The summed E-state index contributed by atoms with van der Waals surface area (Å²) >= 11 is 0. The van der Waals surface area contributed by atoms with E-state index in [1.165, 1.54) is 13.0 Å². The van der Waals surface area contributed by atoms with E-state index in [0.29, 0.717) is 19.5 Å². The van der Waals surface area contributed by atoms with E-state index in [4.69, 9.17) is 0 Å². The van der Waals surface area contributed by atoms with Crippen molar-refractivity contribution >= 4 is 17.3 Å². The average Bonchev–Trinajstić information content (AvgIpc) is 2.45. The van der Waals surface area contributed by atoms with Crippen LogP contribution < -0.4 is 10.2 Å². The summed E-state index contributed by atoms with van der Waals surface area (Å²) in [6.07, 6.45) is -3.34. The van der Waals surface area contributed by atoms with E-state index < -0.39 is 22.4 Å². The van der Waals surface area contributed by atoms with Gasteiger partial charge < -0.3 is 10.2 Å². The number of nitrogens with one attached hydrogen (secondary N) is 1. The summed E-state index contributed by atoms with van der Waals surface area (Å²) < 4.78 is 39.1. The fourth-order valence-electron chi connectivity index (χ4n) is 2.72. The summed E-state index contributed by atoms with van der Waals surface area (Å²) in [5.41, 5.74) is -1.96. The van der Waals surface area contributed by atoms with E-state index >= 15 is 0 Å². The molecule has 1 heterocycles. The number of rotatable bonds is 3. The van der Waals surface area contributed by atoms with Gasteiger partial charge in [0.25, 0.3) is 5.69 Å². The minimum absolute atomic E-state index is 0.147. The molecule has 1 unspecified atom stereocenters. The van der Waals surface area contributed by atoms with Crippen LogP contribution in [0, 0.1) is 10.1 Å². The van der Waals surface area contributed by atoms with Gasteiger partial charge in [-0.1, -0.05) is 0 Å². The normalized spacial score (nSPS) is 18.6. The second kappa shape index (κ2) is 6.43. The molecule has 2 rings (SSSR count). The molecule has 9 heteroatoms. The summed E-state index contributed by atoms with van der Waals surface area (Å²) in [4.78, 5) is 22.5. The highest BCUT2D eigenvalue weighted by atomic mass is 19.4. The molecule has 1 amide bonds. The highest BCUT2D eigenvalue weighted by molar-refractivity contribution is 5.73. The minimum Gasteiger partial charge on any atom is -0.369 e. The Kier molecular flexibility index (Phi) is 4.76. The zero-order chi connectivity index (χ0) is 17.2. The first kappa shape index (κ1) is 17.0. The van der Waals surface area contributed by atoms with E-state index in [0.717, 1.165) is 18.6 Å². The number of carbonyl (C=O) groups is 1. The van der Waals surface area contributed by atoms with Crippen LogP contribution in [0.25, 0.3) is 0 Å². The number of amides is 1. The number of piperidine rings is 1. The summed E-state index contributed by atoms with van der Waals surface area (Å²) in [7, 11) is 0. The first-order valence-electron chi connectivity index (χ1n) is 7.06. The Labute approximate surface area is 130 Å². The number of carbonyl (C=O) groups excluding carboxylic acids is 1. The van der Waals surface area contributed by atoms with Crippen LogP contribution in [0.3, 0.4) is 0 Å². The first-order chi connectivity index (χ1) is 10.7. The zero-order valence-electron chi connectivity index (χ0n) is 12.4. The van der Waals surface area contributed by atoms with Crippen molar-refractivity contribution < 1.29 is 22.9 Å². The van der Waals surface area contributed by atoms with Gasteiger partial charge in [-0.05, 0) is 25.0 Å². The van der Waals surface area contributed by atoms with E-state index in [2.05, 4.69) is 5.32 Å². The Hall–Kier alpha value is -2.32. The molecule has 1 aromatic rings. The molecule has 1 saturated heterocycles. The Bertz CT molecular complexity index is 619. The second-order valence-electron chi connectivity index (χ2n) is 5.44. The third kappa shape index (κ3) is 4.11. The maximum absolute atomic E-state index is 13.0. The van der Waals surface area contributed by atoms with Gasteiger partial charge >= 0.3 is 6.18 Å². The van der Waals surface area contributed by atoms with Crippen LogP contribution in [0.1, 0.15) is 25.3 Å². The molecule has 1 atom stereocenters. The molecule has 23 heavy (non-hydrogen) atoms. The molecule has 0 aliphatic carbocycles. The Morgan fingerprint density at radius 1 is 1.43 bits per heavy atom. The maximum Gasteiger partial charge on any atom is 0.423 e. The van der Waals surface area contributed by atoms with Crippen molar-refractivity contribution in [2.24, 2.45) is 0 Å². The zero-order valence-corrected chi connectivity index (χ0v) is 12.4. The monoisotopic (exact) mass is 331 g/mol. The molecule has 6 nitrogen and oxygen atoms in total. The summed E-state index contributed by atoms with van der Waals surface area (Å²) in [6, 6.07) is 2.84. The van der Waals surface area contributed by atoms with Crippen molar-refractivity contribution in [2.45, 2.75) is 32.0 Å². The number of nitro groups is 1. The molecule has 1 fully saturated rings. The summed E-state index contributed by atoms with van der Waals surface area (Å²) in [5, 5.41) is 13.5. The molecule has 126 valence electrons. The highest BCUT2D eigenvalue weighted by Crippen LogP contribution is 2.38. The predicted octanol–water partition coefficient (Wildman–Crippen LogP) is 2.72. The van der Waals surface area contributed by atoms with Gasteiger partial charge in [0, 0.05) is 37.8 Å². The molecule has 0 saturated carbocycles. The van der Waals surface area contributed by atoms with Gasteiger partial charge in [-0.2, -0.15) is 13.2 Å². The molecule has 0 aromatic heterocycles. The number of hydrogen-bond acceptors (Lipinski definition) is 4. The number of nitro benzene ring substituents is 1. The van der Waals surface area contributed by atoms with Crippen LogP contribution in [0.5, 0.6) is 0 Å². The predicted molar refractivity (Wildman–Crippen MR) is 77.2 cm³/mol. The Morgan fingerprint density at radius 2 is 2.13 bits per heavy atom. The first-order valence-corrected chi connectivity index (χ1v) is 7.06. The molecule has 1 aromatic carbocycles. The van der Waals surface area contributed by atoms with Gasteiger partial charge in [0.1, 0.15) is 5.56 Å². The van der Waals surface area contributed by atoms with Crippen molar-refractivity contribution in [3.63, 3.8) is 0 Å². The van der Waals surface area contributed by atoms with Crippen LogP contribution in [0.15, 0.2) is 18.2 Å². The molecule has 1 aliphatic rings. The Balaban J connectivity index is 2.29. The molecule has 1 N–H and O–H groups in total. The number of benzene rings is 1. The number of nitrogens with zero attached hydrogens (tertiary/aromatic N) is 2. The number of halogens is 3. The lowest BCUT2D eigenvalue weighted by Crippen LogP contribution is -2.47. The van der Waals surface area contributed by atoms with E-state index in [1.807, 2.05) is 0 Å². The lowest BCUT2D eigenvalue weighted by molar-refractivity contribution is -0.388. The van der Waals surface area contributed by atoms with Crippen molar-refractivity contribution in [3.05, 3.63) is 33.9 Å². The summed E-state index contributed by atoms with van der Waals surface area (Å²) in [6.45, 7) is 2.28. The highest BCUT2D eigenvalue weighted by Gasteiger charge is 2.39. The fraction of sp³-hybridized carbons (Fsp3) is 0.500. The van der Waals surface area contributed by atoms with Crippen LogP contribution in [-0.4, -0.2) is 30.0 Å². The van der Waals surface area contributed by atoms with Crippen LogP contribution in [0.4, 0.5) is 24.5 Å². The largest absolute Gasteiger partial charge is 0.423 e. The number of hydrogen-bond donors (Lipinski definition) is 1. The third-order valence-electron chi connectivity index (χ3n) is 3.68. The summed E-state index contributed by atoms with van der Waals surface area (Å²) in [5.74, 6) is -0.198. The lowest BCUT2D eigenvalue weighted by Gasteiger charge is -2.34. The van der Waals surface area contributed by atoms with Gasteiger partial charge in [0.2, 0.25) is 5.91 Å². The number of alkyl halides is 3. The van der Waals surface area contributed by atoms with Crippen LogP contribution in [0.2, 0.25) is 0 Å². The topological polar surface area (TPSA) is 75.5 Å². The number of anilines is 1. The van der Waals surface area contributed by atoms with Gasteiger partial charge in [0.05, 0.1) is 4.92 Å². The van der Waals surface area contributed by atoms with Gasteiger partial charge in [-0.25, -0.2) is 0 Å². The van der Waals surface area contributed by atoms with Crippen LogP contribution in [-0.2, 0) is 11.0 Å². The molecule has 0 radical (unpaired) electrons. The van der Waals surface area contributed by atoms with Crippen LogP contribution >= 0.6 is 0 Å². The van der Waals surface area contributed by atoms with Crippen molar-refractivity contribution in [2.75, 3.05) is 18.0 Å².